The van der Waals surface area contributed by atoms with Crippen LogP contribution in [0.15, 0.2) is 12.4 Å². The van der Waals surface area contributed by atoms with E-state index in [9.17, 15) is 9.59 Å². The number of amides is 2. The van der Waals surface area contributed by atoms with Crippen LogP contribution < -0.4 is 0 Å². The topological polar surface area (TPSA) is 58.4 Å². The van der Waals surface area contributed by atoms with Gasteiger partial charge in [0, 0.05) is 45.4 Å². The van der Waals surface area contributed by atoms with E-state index in [0.29, 0.717) is 12.6 Å². The minimum atomic E-state index is -0.250. The molecule has 23 heavy (non-hydrogen) atoms. The Morgan fingerprint density at radius 1 is 1.26 bits per heavy atom. The van der Waals surface area contributed by atoms with Crippen LogP contribution in [0, 0.1) is 0 Å². The smallest absolute Gasteiger partial charge is 0.245 e. The maximum atomic E-state index is 12.9. The molecule has 0 spiro atoms. The van der Waals surface area contributed by atoms with E-state index in [2.05, 4.69) is 16.5 Å². The van der Waals surface area contributed by atoms with Crippen LogP contribution in [-0.2, 0) is 16.0 Å². The van der Waals surface area contributed by atoms with Crippen molar-refractivity contribution in [3.8, 4) is 0 Å². The van der Waals surface area contributed by atoms with Gasteiger partial charge in [-0.1, -0.05) is 6.92 Å². The molecule has 3 rings (SSSR count). The Hall–Kier alpha value is -1.85. The first-order valence-electron chi connectivity index (χ1n) is 8.69. The lowest BCUT2D eigenvalue weighted by molar-refractivity contribution is -0.144. The van der Waals surface area contributed by atoms with Gasteiger partial charge in [0.25, 0.3) is 0 Å². The van der Waals surface area contributed by atoms with Gasteiger partial charge in [-0.15, -0.1) is 0 Å². The molecule has 0 aliphatic carbocycles. The minimum absolute atomic E-state index is 0.0114. The van der Waals surface area contributed by atoms with Gasteiger partial charge in [0.2, 0.25) is 11.8 Å². The summed E-state index contributed by atoms with van der Waals surface area (Å²) in [6, 6.07) is 0.0528. The molecule has 2 amide bonds. The Labute approximate surface area is 137 Å². The highest BCUT2D eigenvalue weighted by Gasteiger charge is 2.37. The average molecular weight is 318 g/mol. The molecule has 2 saturated heterocycles. The van der Waals surface area contributed by atoms with Gasteiger partial charge in [-0.25, -0.2) is 4.98 Å². The summed E-state index contributed by atoms with van der Waals surface area (Å²) >= 11 is 0. The molecule has 2 aliphatic rings. The lowest BCUT2D eigenvalue weighted by Crippen LogP contribution is -2.50. The second-order valence-electron chi connectivity index (χ2n) is 6.56. The molecule has 6 nitrogen and oxygen atoms in total. The molecule has 3 heterocycles. The van der Waals surface area contributed by atoms with Crippen molar-refractivity contribution < 1.29 is 9.59 Å². The number of hydrogen-bond donors (Lipinski definition) is 0. The average Bonchev–Trinajstić information content (AvgIpc) is 3.23. The molecule has 0 aromatic carbocycles. The Morgan fingerprint density at radius 3 is 2.78 bits per heavy atom. The normalized spacial score (nSPS) is 25.0. The lowest BCUT2D eigenvalue weighted by atomic mass is 10.0. The van der Waals surface area contributed by atoms with E-state index in [-0.39, 0.29) is 17.9 Å². The number of piperidine rings is 1. The summed E-state index contributed by atoms with van der Waals surface area (Å²) in [5.41, 5.74) is 0. The number of rotatable bonds is 3. The lowest BCUT2D eigenvalue weighted by Gasteiger charge is -2.36. The Kier molecular flexibility index (Phi) is 4.68. The molecule has 0 unspecified atom stereocenters. The van der Waals surface area contributed by atoms with Gasteiger partial charge in [0.15, 0.2) is 0 Å². The van der Waals surface area contributed by atoms with Crippen molar-refractivity contribution in [3.05, 3.63) is 18.2 Å². The summed E-state index contributed by atoms with van der Waals surface area (Å²) < 4.78 is 2.22. The van der Waals surface area contributed by atoms with E-state index in [1.54, 1.807) is 11.8 Å². The predicted molar refractivity (Wildman–Crippen MR) is 86.9 cm³/mol. The fraction of sp³-hybridized carbons (Fsp3) is 0.706. The zero-order valence-corrected chi connectivity index (χ0v) is 14.1. The SMILES string of the molecule is CCc1nccn1[C@@H]1CCCN(C(=O)[C@H]2CCCN2C(C)=O)C1. The van der Waals surface area contributed by atoms with Crippen LogP contribution >= 0.6 is 0 Å². The summed E-state index contributed by atoms with van der Waals surface area (Å²) in [4.78, 5) is 32.7. The number of carbonyl (C=O) groups excluding carboxylic acids is 2. The second-order valence-corrected chi connectivity index (χ2v) is 6.56. The summed E-state index contributed by atoms with van der Waals surface area (Å²) in [5.74, 6) is 1.22. The fourth-order valence-electron chi connectivity index (χ4n) is 3.94. The van der Waals surface area contributed by atoms with Gasteiger partial charge >= 0.3 is 0 Å². The van der Waals surface area contributed by atoms with Crippen LogP contribution in [0.5, 0.6) is 0 Å². The van der Waals surface area contributed by atoms with Crippen molar-refractivity contribution >= 4 is 11.8 Å². The van der Waals surface area contributed by atoms with E-state index in [1.807, 2.05) is 17.3 Å². The maximum absolute atomic E-state index is 12.9. The van der Waals surface area contributed by atoms with Gasteiger partial charge < -0.3 is 14.4 Å². The number of imidazole rings is 1. The Balaban J connectivity index is 1.71. The molecule has 0 radical (unpaired) electrons. The third-order valence-electron chi connectivity index (χ3n) is 5.11. The minimum Gasteiger partial charge on any atom is -0.339 e. The third kappa shape index (κ3) is 3.12. The van der Waals surface area contributed by atoms with Crippen molar-refractivity contribution in [2.75, 3.05) is 19.6 Å². The summed E-state index contributed by atoms with van der Waals surface area (Å²) in [6.45, 7) is 5.90. The van der Waals surface area contributed by atoms with Gasteiger partial charge in [-0.3, -0.25) is 9.59 Å². The summed E-state index contributed by atoms with van der Waals surface area (Å²) in [5, 5.41) is 0. The monoisotopic (exact) mass is 318 g/mol. The summed E-state index contributed by atoms with van der Waals surface area (Å²) in [6.07, 6.45) is 8.57. The van der Waals surface area contributed by atoms with Crippen molar-refractivity contribution in [2.45, 2.75) is 58.0 Å². The predicted octanol–water partition coefficient (Wildman–Crippen LogP) is 1.62. The van der Waals surface area contributed by atoms with Crippen molar-refractivity contribution in [1.82, 2.24) is 19.4 Å². The molecular weight excluding hydrogens is 292 g/mol. The molecule has 2 aliphatic heterocycles. The number of carbonyl (C=O) groups is 2. The third-order valence-corrected chi connectivity index (χ3v) is 5.11. The van der Waals surface area contributed by atoms with E-state index < -0.39 is 0 Å². The fourth-order valence-corrected chi connectivity index (χ4v) is 3.94. The molecule has 126 valence electrons. The van der Waals surface area contributed by atoms with Crippen molar-refractivity contribution in [1.29, 1.82) is 0 Å². The van der Waals surface area contributed by atoms with Crippen LogP contribution in [0.25, 0.3) is 0 Å². The second kappa shape index (κ2) is 6.72. The quantitative estimate of drug-likeness (QED) is 0.851. The molecule has 2 fully saturated rings. The van der Waals surface area contributed by atoms with E-state index >= 15 is 0 Å². The molecular formula is C17H26N4O2. The molecule has 1 aromatic heterocycles. The number of hydrogen-bond acceptors (Lipinski definition) is 3. The van der Waals surface area contributed by atoms with E-state index in [4.69, 9.17) is 0 Å². The zero-order valence-electron chi connectivity index (χ0n) is 14.1. The van der Waals surface area contributed by atoms with Gasteiger partial charge in [-0.2, -0.15) is 0 Å². The first-order valence-corrected chi connectivity index (χ1v) is 8.69. The Bertz CT molecular complexity index is 583. The largest absolute Gasteiger partial charge is 0.339 e. The molecule has 6 heteroatoms. The van der Waals surface area contributed by atoms with Crippen LogP contribution in [0.3, 0.4) is 0 Å². The molecule has 0 bridgehead atoms. The Morgan fingerprint density at radius 2 is 2.04 bits per heavy atom. The maximum Gasteiger partial charge on any atom is 0.245 e. The first kappa shape index (κ1) is 16.0. The first-order chi connectivity index (χ1) is 11.1. The van der Waals surface area contributed by atoms with Crippen LogP contribution in [0.2, 0.25) is 0 Å². The number of nitrogens with zero attached hydrogens (tertiary/aromatic N) is 4. The highest BCUT2D eigenvalue weighted by molar-refractivity contribution is 5.87. The number of aromatic nitrogens is 2. The van der Waals surface area contributed by atoms with Gasteiger partial charge in [-0.05, 0) is 25.7 Å². The van der Waals surface area contributed by atoms with Crippen molar-refractivity contribution in [2.24, 2.45) is 0 Å². The van der Waals surface area contributed by atoms with E-state index in [0.717, 1.165) is 51.0 Å². The standard InChI is InChI=1S/C17H26N4O2/c1-3-16-18-8-11-21(16)14-6-4-9-19(12-14)17(23)15-7-5-10-20(15)13(2)22/h8,11,14-15H,3-7,9-10,12H2,1-2H3/t14-,15-/m1/s1. The highest BCUT2D eigenvalue weighted by Crippen LogP contribution is 2.26. The van der Waals surface area contributed by atoms with E-state index in [1.165, 1.54) is 0 Å². The van der Waals surface area contributed by atoms with Crippen LogP contribution in [0.1, 0.15) is 51.4 Å². The summed E-state index contributed by atoms with van der Waals surface area (Å²) in [7, 11) is 0. The molecule has 1 aromatic rings. The van der Waals surface area contributed by atoms with Crippen LogP contribution in [-0.4, -0.2) is 56.8 Å². The van der Waals surface area contributed by atoms with Gasteiger partial charge in [0.05, 0.1) is 6.04 Å². The molecule has 0 saturated carbocycles. The van der Waals surface area contributed by atoms with Crippen molar-refractivity contribution in [3.63, 3.8) is 0 Å². The zero-order chi connectivity index (χ0) is 16.4. The molecule has 2 atom stereocenters. The van der Waals surface area contributed by atoms with Crippen LogP contribution in [0.4, 0.5) is 0 Å². The van der Waals surface area contributed by atoms with Gasteiger partial charge in [0.1, 0.15) is 11.9 Å². The molecule has 0 N–H and O–H groups in total. The number of aryl methyl sites for hydroxylation is 1. The highest BCUT2D eigenvalue weighted by atomic mass is 16.2. The number of likely N-dealkylation sites (tertiary alicyclic amines) is 2.